The molecule has 1 unspecified atom stereocenters. The van der Waals surface area contributed by atoms with Crippen molar-refractivity contribution < 1.29 is 4.79 Å². The van der Waals surface area contributed by atoms with Gasteiger partial charge in [0.25, 0.3) is 0 Å². The molecule has 3 heteroatoms. The number of fused-ring (bicyclic) bond motifs is 1. The van der Waals surface area contributed by atoms with Crippen molar-refractivity contribution in [3.05, 3.63) is 35.4 Å². The maximum absolute atomic E-state index is 12.3. The Bertz CT molecular complexity index is 506. The van der Waals surface area contributed by atoms with Crippen molar-refractivity contribution in [3.63, 3.8) is 0 Å². The van der Waals surface area contributed by atoms with E-state index < -0.39 is 0 Å². The van der Waals surface area contributed by atoms with Crippen molar-refractivity contribution in [2.75, 3.05) is 0 Å². The molecule has 3 rings (SSSR count). The number of nitrogens with one attached hydrogen (secondary N) is 1. The van der Waals surface area contributed by atoms with Crippen LogP contribution in [0.1, 0.15) is 56.1 Å². The molecular weight excluding hydrogens is 260 g/mol. The van der Waals surface area contributed by atoms with Crippen LogP contribution < -0.4 is 11.1 Å². The molecule has 1 fully saturated rings. The van der Waals surface area contributed by atoms with E-state index in [1.54, 1.807) is 0 Å². The van der Waals surface area contributed by atoms with Gasteiger partial charge in [-0.05, 0) is 43.2 Å². The Hall–Kier alpha value is -1.35. The van der Waals surface area contributed by atoms with Gasteiger partial charge in [-0.25, -0.2) is 0 Å². The summed E-state index contributed by atoms with van der Waals surface area (Å²) in [6, 6.07) is 8.84. The van der Waals surface area contributed by atoms with Crippen LogP contribution in [-0.2, 0) is 17.6 Å². The largest absolute Gasteiger partial charge is 0.353 e. The third kappa shape index (κ3) is 3.65. The van der Waals surface area contributed by atoms with Crippen LogP contribution in [0.15, 0.2) is 24.3 Å². The zero-order valence-corrected chi connectivity index (χ0v) is 12.7. The van der Waals surface area contributed by atoms with E-state index in [9.17, 15) is 4.79 Å². The SMILES string of the molecule is NC1(CC(=O)NC2CCc3ccccc3C2)CCCCC1. The summed E-state index contributed by atoms with van der Waals surface area (Å²) in [5.74, 6) is 0.142. The van der Waals surface area contributed by atoms with Crippen LogP contribution >= 0.6 is 0 Å². The Labute approximate surface area is 127 Å². The van der Waals surface area contributed by atoms with Crippen LogP contribution in [0.4, 0.5) is 0 Å². The summed E-state index contributed by atoms with van der Waals surface area (Å²) < 4.78 is 0. The molecule has 1 aromatic rings. The number of hydrogen-bond donors (Lipinski definition) is 2. The number of rotatable bonds is 3. The van der Waals surface area contributed by atoms with Crippen molar-refractivity contribution in [2.24, 2.45) is 5.73 Å². The van der Waals surface area contributed by atoms with Crippen LogP contribution in [0.3, 0.4) is 0 Å². The van der Waals surface area contributed by atoms with Gasteiger partial charge in [0, 0.05) is 18.0 Å². The summed E-state index contributed by atoms with van der Waals surface area (Å²) in [6.07, 6.45) is 9.14. The average molecular weight is 286 g/mol. The van der Waals surface area contributed by atoms with Gasteiger partial charge in [-0.2, -0.15) is 0 Å². The summed E-state index contributed by atoms with van der Waals surface area (Å²) in [5.41, 5.74) is 8.94. The maximum Gasteiger partial charge on any atom is 0.222 e. The summed E-state index contributed by atoms with van der Waals surface area (Å²) in [6.45, 7) is 0. The predicted octanol–water partition coefficient (Wildman–Crippen LogP) is 2.71. The van der Waals surface area contributed by atoms with Crippen molar-refractivity contribution in [1.82, 2.24) is 5.32 Å². The number of hydrogen-bond acceptors (Lipinski definition) is 2. The van der Waals surface area contributed by atoms with Crippen LogP contribution in [0.5, 0.6) is 0 Å². The van der Waals surface area contributed by atoms with Gasteiger partial charge >= 0.3 is 0 Å². The van der Waals surface area contributed by atoms with Gasteiger partial charge in [-0.3, -0.25) is 4.79 Å². The molecule has 114 valence electrons. The smallest absolute Gasteiger partial charge is 0.222 e. The molecule has 0 aliphatic heterocycles. The van der Waals surface area contributed by atoms with E-state index >= 15 is 0 Å². The highest BCUT2D eigenvalue weighted by molar-refractivity contribution is 5.77. The van der Waals surface area contributed by atoms with E-state index in [1.165, 1.54) is 30.4 Å². The lowest BCUT2D eigenvalue weighted by atomic mass is 9.80. The van der Waals surface area contributed by atoms with Gasteiger partial charge in [0.15, 0.2) is 0 Å². The number of carbonyl (C=O) groups excluding carboxylic acids is 1. The van der Waals surface area contributed by atoms with Crippen molar-refractivity contribution in [1.29, 1.82) is 0 Å². The molecule has 0 saturated heterocycles. The molecule has 0 spiro atoms. The minimum Gasteiger partial charge on any atom is -0.353 e. The number of amides is 1. The summed E-state index contributed by atoms with van der Waals surface area (Å²) in [4.78, 5) is 12.3. The fourth-order valence-corrected chi connectivity index (χ4v) is 3.85. The van der Waals surface area contributed by atoms with Gasteiger partial charge in [0.05, 0.1) is 0 Å². The topological polar surface area (TPSA) is 55.1 Å². The zero-order valence-electron chi connectivity index (χ0n) is 12.7. The Kier molecular flexibility index (Phi) is 4.29. The third-order valence-electron chi connectivity index (χ3n) is 5.07. The quantitative estimate of drug-likeness (QED) is 0.897. The summed E-state index contributed by atoms with van der Waals surface area (Å²) in [7, 11) is 0. The van der Waals surface area contributed by atoms with E-state index in [0.717, 1.165) is 32.1 Å². The summed E-state index contributed by atoms with van der Waals surface area (Å²) in [5, 5.41) is 3.21. The van der Waals surface area contributed by atoms with Gasteiger partial charge < -0.3 is 11.1 Å². The first kappa shape index (κ1) is 14.6. The van der Waals surface area contributed by atoms with E-state index in [4.69, 9.17) is 5.73 Å². The maximum atomic E-state index is 12.3. The molecule has 0 aromatic heterocycles. The fourth-order valence-electron chi connectivity index (χ4n) is 3.85. The van der Waals surface area contributed by atoms with Crippen molar-refractivity contribution >= 4 is 5.91 Å². The lowest BCUT2D eigenvalue weighted by molar-refractivity contribution is -0.123. The monoisotopic (exact) mass is 286 g/mol. The normalized spacial score (nSPS) is 24.1. The number of carbonyl (C=O) groups is 1. The second-order valence-electron chi connectivity index (χ2n) is 6.88. The highest BCUT2D eigenvalue weighted by atomic mass is 16.1. The number of aryl methyl sites for hydroxylation is 1. The lowest BCUT2D eigenvalue weighted by Crippen LogP contribution is -2.48. The first-order valence-corrected chi connectivity index (χ1v) is 8.30. The second-order valence-corrected chi connectivity index (χ2v) is 6.88. The number of nitrogens with two attached hydrogens (primary N) is 1. The second kappa shape index (κ2) is 6.18. The lowest BCUT2D eigenvalue weighted by Gasteiger charge is -2.34. The minimum atomic E-state index is -0.255. The Morgan fingerprint density at radius 3 is 2.67 bits per heavy atom. The first-order chi connectivity index (χ1) is 10.1. The van der Waals surface area contributed by atoms with Crippen LogP contribution in [-0.4, -0.2) is 17.5 Å². The van der Waals surface area contributed by atoms with E-state index in [-0.39, 0.29) is 17.5 Å². The molecule has 1 atom stereocenters. The standard InChI is InChI=1S/C18H26N2O/c19-18(10-4-1-5-11-18)13-17(21)20-16-9-8-14-6-2-3-7-15(14)12-16/h2-3,6-7,16H,1,4-5,8-13,19H2,(H,20,21). The van der Waals surface area contributed by atoms with E-state index in [1.807, 2.05) is 0 Å². The van der Waals surface area contributed by atoms with Gasteiger partial charge in [-0.1, -0.05) is 43.5 Å². The first-order valence-electron chi connectivity index (χ1n) is 8.30. The van der Waals surface area contributed by atoms with Crippen LogP contribution in [0, 0.1) is 0 Å². The fraction of sp³-hybridized carbons (Fsp3) is 0.611. The third-order valence-corrected chi connectivity index (χ3v) is 5.07. The highest BCUT2D eigenvalue weighted by Crippen LogP contribution is 2.29. The highest BCUT2D eigenvalue weighted by Gasteiger charge is 2.31. The Morgan fingerprint density at radius 2 is 1.90 bits per heavy atom. The van der Waals surface area contributed by atoms with Crippen molar-refractivity contribution in [2.45, 2.75) is 69.4 Å². The number of benzene rings is 1. The molecule has 0 radical (unpaired) electrons. The van der Waals surface area contributed by atoms with Crippen LogP contribution in [0.2, 0.25) is 0 Å². The molecule has 1 amide bonds. The molecule has 1 saturated carbocycles. The molecule has 2 aliphatic rings. The molecule has 21 heavy (non-hydrogen) atoms. The molecule has 3 N–H and O–H groups in total. The molecule has 0 heterocycles. The zero-order chi connectivity index (χ0) is 14.7. The van der Waals surface area contributed by atoms with E-state index in [2.05, 4.69) is 29.6 Å². The minimum absolute atomic E-state index is 0.142. The average Bonchev–Trinajstić information content (AvgIpc) is 2.47. The van der Waals surface area contributed by atoms with Gasteiger partial charge in [-0.15, -0.1) is 0 Å². The Balaban J connectivity index is 1.54. The molecule has 2 aliphatic carbocycles. The van der Waals surface area contributed by atoms with Crippen molar-refractivity contribution in [3.8, 4) is 0 Å². The molecule has 3 nitrogen and oxygen atoms in total. The Morgan fingerprint density at radius 1 is 1.19 bits per heavy atom. The van der Waals surface area contributed by atoms with E-state index in [0.29, 0.717) is 6.42 Å². The molecular formula is C18H26N2O. The van der Waals surface area contributed by atoms with Crippen LogP contribution in [0.25, 0.3) is 0 Å². The predicted molar refractivity (Wildman–Crippen MR) is 85.0 cm³/mol. The molecule has 0 bridgehead atoms. The summed E-state index contributed by atoms with van der Waals surface area (Å²) >= 11 is 0. The van der Waals surface area contributed by atoms with Gasteiger partial charge in [0.1, 0.15) is 0 Å². The van der Waals surface area contributed by atoms with Gasteiger partial charge in [0.2, 0.25) is 5.91 Å². The molecule has 1 aromatic carbocycles.